The number of rotatable bonds is 78. The maximum atomic E-state index is 13.1. The van der Waals surface area contributed by atoms with Crippen LogP contribution in [0.15, 0.2) is 0 Å². The van der Waals surface area contributed by atoms with E-state index >= 15 is 0 Å². The summed E-state index contributed by atoms with van der Waals surface area (Å²) in [5.74, 6) is -1.39. The van der Waals surface area contributed by atoms with Crippen LogP contribution < -0.4 is 0 Å². The van der Waals surface area contributed by atoms with Gasteiger partial charge in [-0.1, -0.05) is 362 Å². The first-order valence-corrected chi connectivity index (χ1v) is 43.7. The van der Waals surface area contributed by atoms with Crippen molar-refractivity contribution in [3.63, 3.8) is 0 Å². The van der Waals surface area contributed by atoms with Crippen molar-refractivity contribution in [3.05, 3.63) is 0 Å². The summed E-state index contributed by atoms with van der Waals surface area (Å²) in [6, 6.07) is 0. The molecule has 0 bridgehead atoms. The second kappa shape index (κ2) is 71.1. The van der Waals surface area contributed by atoms with Crippen LogP contribution in [0.4, 0.5) is 0 Å². The quantitative estimate of drug-likeness (QED) is 0.0222. The van der Waals surface area contributed by atoms with Crippen molar-refractivity contribution in [2.75, 3.05) is 39.6 Å². The molecule has 3 unspecified atom stereocenters. The third-order valence-electron chi connectivity index (χ3n) is 18.6. The van der Waals surface area contributed by atoms with E-state index in [1.165, 1.54) is 238 Å². The summed E-state index contributed by atoms with van der Waals surface area (Å²) in [4.78, 5) is 72.8. The fourth-order valence-corrected chi connectivity index (χ4v) is 13.6. The van der Waals surface area contributed by atoms with Crippen molar-refractivity contribution in [1.82, 2.24) is 0 Å². The number of carbonyl (C=O) groups excluding carboxylic acids is 4. The van der Waals surface area contributed by atoms with Gasteiger partial charge in [-0.25, -0.2) is 9.13 Å². The highest BCUT2D eigenvalue weighted by Crippen LogP contribution is 2.45. The molecule has 0 aliphatic rings. The topological polar surface area (TPSA) is 237 Å². The van der Waals surface area contributed by atoms with Crippen LogP contribution in [-0.4, -0.2) is 96.7 Å². The van der Waals surface area contributed by atoms with Gasteiger partial charge in [-0.2, -0.15) is 0 Å². The third kappa shape index (κ3) is 70.9. The van der Waals surface area contributed by atoms with Crippen molar-refractivity contribution in [2.45, 2.75) is 432 Å². The molecule has 0 rings (SSSR count). The van der Waals surface area contributed by atoms with Gasteiger partial charge in [0.05, 0.1) is 26.4 Å². The van der Waals surface area contributed by atoms with E-state index in [1.54, 1.807) is 0 Å². The smallest absolute Gasteiger partial charge is 0.462 e. The molecule has 0 heterocycles. The van der Waals surface area contributed by atoms with Gasteiger partial charge in [0.2, 0.25) is 0 Å². The molecule has 0 radical (unpaired) electrons. The molecule has 0 saturated carbocycles. The second-order valence-electron chi connectivity index (χ2n) is 28.3. The molecule has 0 saturated heterocycles. The lowest BCUT2D eigenvalue weighted by Gasteiger charge is -2.21. The average molecular weight is 1420 g/mol. The van der Waals surface area contributed by atoms with Gasteiger partial charge in [0, 0.05) is 25.7 Å². The van der Waals surface area contributed by atoms with Gasteiger partial charge in [0.25, 0.3) is 0 Å². The van der Waals surface area contributed by atoms with Gasteiger partial charge < -0.3 is 33.8 Å². The van der Waals surface area contributed by atoms with Crippen LogP contribution in [-0.2, 0) is 65.4 Å². The monoisotopic (exact) mass is 1420 g/mol. The van der Waals surface area contributed by atoms with Crippen molar-refractivity contribution in [2.24, 2.45) is 5.92 Å². The summed E-state index contributed by atoms with van der Waals surface area (Å²) < 4.78 is 68.5. The minimum Gasteiger partial charge on any atom is -0.462 e. The van der Waals surface area contributed by atoms with Gasteiger partial charge in [-0.3, -0.25) is 37.3 Å². The van der Waals surface area contributed by atoms with Crippen LogP contribution in [0.25, 0.3) is 0 Å². The molecule has 0 aliphatic carbocycles. The first-order chi connectivity index (χ1) is 47.1. The van der Waals surface area contributed by atoms with E-state index in [4.69, 9.17) is 37.0 Å². The number of ether oxygens (including phenoxy) is 4. The van der Waals surface area contributed by atoms with E-state index in [9.17, 15) is 43.2 Å². The number of phosphoric acid groups is 2. The number of hydrogen-bond donors (Lipinski definition) is 3. The Morgan fingerprint density at radius 2 is 0.495 bits per heavy atom. The van der Waals surface area contributed by atoms with Gasteiger partial charge in [-0.15, -0.1) is 0 Å². The number of carbonyl (C=O) groups is 4. The number of hydrogen-bond acceptors (Lipinski definition) is 15. The van der Waals surface area contributed by atoms with Crippen molar-refractivity contribution in [3.8, 4) is 0 Å². The van der Waals surface area contributed by atoms with Crippen molar-refractivity contribution < 1.29 is 80.2 Å². The van der Waals surface area contributed by atoms with E-state index in [1.807, 2.05) is 0 Å². The molecule has 97 heavy (non-hydrogen) atoms. The molecule has 0 aromatic carbocycles. The van der Waals surface area contributed by atoms with Gasteiger partial charge in [0.1, 0.15) is 19.3 Å². The maximum Gasteiger partial charge on any atom is 0.472 e. The minimum atomic E-state index is -4.96. The number of esters is 4. The maximum absolute atomic E-state index is 13.1. The van der Waals surface area contributed by atoms with E-state index in [0.717, 1.165) is 95.8 Å². The highest BCUT2D eigenvalue weighted by Gasteiger charge is 2.30. The van der Waals surface area contributed by atoms with Crippen LogP contribution in [0.3, 0.4) is 0 Å². The van der Waals surface area contributed by atoms with Crippen LogP contribution >= 0.6 is 15.6 Å². The van der Waals surface area contributed by atoms with E-state index in [-0.39, 0.29) is 25.7 Å². The van der Waals surface area contributed by atoms with Crippen molar-refractivity contribution in [1.29, 1.82) is 0 Å². The Hall–Kier alpha value is -1.94. The van der Waals surface area contributed by atoms with Gasteiger partial charge in [-0.05, 0) is 31.6 Å². The summed E-state index contributed by atoms with van der Waals surface area (Å²) in [6.07, 6.45) is 61.2. The lowest BCUT2D eigenvalue weighted by molar-refractivity contribution is -0.161. The Morgan fingerprint density at radius 3 is 0.732 bits per heavy atom. The zero-order valence-corrected chi connectivity index (χ0v) is 65.0. The molecule has 0 aliphatic heterocycles. The predicted molar refractivity (Wildman–Crippen MR) is 395 cm³/mol. The summed E-state index contributed by atoms with van der Waals surface area (Å²) in [5.41, 5.74) is 0. The lowest BCUT2D eigenvalue weighted by atomic mass is 10.00. The number of aliphatic hydroxyl groups excluding tert-OH is 1. The molecule has 0 fully saturated rings. The number of aliphatic hydroxyl groups is 1. The van der Waals surface area contributed by atoms with E-state index in [2.05, 4.69) is 34.6 Å². The first-order valence-electron chi connectivity index (χ1n) is 40.7. The Kier molecular flexibility index (Phi) is 69.6. The second-order valence-corrected chi connectivity index (χ2v) is 31.3. The molecule has 0 aromatic rings. The highest BCUT2D eigenvalue weighted by atomic mass is 31.2. The SMILES string of the molecule is CCCCCCCCCCCCCCCCCCCCCC(=O)O[C@H](COC(=O)CCCCCCCCCCCCCCCCCCCC)COP(=O)(O)OC[C@@H](O)COP(=O)(O)OC[C@@H](COC(=O)CCCCCCCCCCCC)OC(=O)CCCCCCCCC(C)CC. The molecule has 0 spiro atoms. The van der Waals surface area contributed by atoms with Crippen LogP contribution in [0, 0.1) is 5.92 Å². The minimum absolute atomic E-state index is 0.104. The summed E-state index contributed by atoms with van der Waals surface area (Å²) >= 11 is 0. The molecule has 0 amide bonds. The van der Waals surface area contributed by atoms with Gasteiger partial charge in [0.15, 0.2) is 12.2 Å². The normalized spacial score (nSPS) is 14.2. The van der Waals surface area contributed by atoms with Crippen LogP contribution in [0.1, 0.15) is 413 Å². The highest BCUT2D eigenvalue weighted by molar-refractivity contribution is 7.47. The Labute approximate surface area is 594 Å². The number of unbranched alkanes of at least 4 members (excludes halogenated alkanes) is 49. The average Bonchev–Trinajstić information content (AvgIpc) is 1.03. The molecular weight excluding hydrogens is 1270 g/mol. The third-order valence-corrected chi connectivity index (χ3v) is 20.5. The van der Waals surface area contributed by atoms with Crippen LogP contribution in [0.5, 0.6) is 0 Å². The summed E-state index contributed by atoms with van der Waals surface area (Å²) in [6.45, 7) is 7.25. The Balaban J connectivity index is 5.20. The summed E-state index contributed by atoms with van der Waals surface area (Å²) in [5, 5.41) is 10.6. The molecule has 6 atom stereocenters. The predicted octanol–water partition coefficient (Wildman–Crippen LogP) is 23.3. The first kappa shape index (κ1) is 95.1. The molecule has 17 nitrogen and oxygen atoms in total. The zero-order valence-electron chi connectivity index (χ0n) is 63.2. The summed E-state index contributed by atoms with van der Waals surface area (Å²) in [7, 11) is -9.91. The standard InChI is InChI=1S/C78H152O17P2/c1-6-10-13-16-19-22-25-27-29-31-33-35-37-39-41-44-47-53-58-63-77(82)94-73(67-88-76(81)62-57-52-46-43-40-38-36-34-32-30-28-26-23-20-17-14-11-7-2)69-92-96(84,85)90-65-72(79)66-91-97(86,87)93-70-74(95-78(83)64-59-54-49-48-50-55-60-71(5)9-4)68-89-75(80)61-56-51-45-42-24-21-18-15-12-8-3/h71-74,79H,6-70H2,1-5H3,(H,84,85)(H,86,87)/t71?,72-,73-,74-/m1/s1. The lowest BCUT2D eigenvalue weighted by Crippen LogP contribution is -2.30. The Morgan fingerprint density at radius 1 is 0.289 bits per heavy atom. The Bertz CT molecular complexity index is 1860. The molecule has 3 N–H and O–H groups in total. The fraction of sp³-hybridized carbons (Fsp3) is 0.949. The van der Waals surface area contributed by atoms with Gasteiger partial charge >= 0.3 is 39.5 Å². The number of phosphoric ester groups is 2. The molecular formula is C78H152O17P2. The van der Waals surface area contributed by atoms with E-state index in [0.29, 0.717) is 25.7 Å². The largest absolute Gasteiger partial charge is 0.472 e. The molecule has 19 heteroatoms. The molecule has 0 aromatic heterocycles. The van der Waals surface area contributed by atoms with Crippen molar-refractivity contribution >= 4 is 39.5 Å². The van der Waals surface area contributed by atoms with Crippen LogP contribution in [0.2, 0.25) is 0 Å². The fourth-order valence-electron chi connectivity index (χ4n) is 12.0. The zero-order chi connectivity index (χ0) is 71.2. The van der Waals surface area contributed by atoms with E-state index < -0.39 is 97.5 Å². The molecule has 576 valence electrons.